The van der Waals surface area contributed by atoms with Gasteiger partial charge in [-0.15, -0.1) is 0 Å². The number of hydrogen-bond acceptors (Lipinski definition) is 16. The Morgan fingerprint density at radius 3 is 2.23 bits per heavy atom. The van der Waals surface area contributed by atoms with E-state index in [-0.39, 0.29) is 64.1 Å². The minimum atomic E-state index is -4.00. The van der Waals surface area contributed by atoms with Gasteiger partial charge in [-0.1, -0.05) is 85.8 Å². The first-order valence-corrected chi connectivity index (χ1v) is 28.4. The standard InChI is InChI=1S/C20H25ClN2O5.C19H32N2O5.C16H16ClN3O3S/c1-4-28-20(25)18-15(11-27-10-9-22)23-12(2)16(19(24)26-3)17(18)13-7-5-6-8-14(13)21;1-4-8-14(19(25)26-5-2)20-12(3)17(22)21-15-10-7-6-9-13(15)11-16(21)18(23)24;1-10-8-11-4-2-3-5-14(11)20(10)19-16(21)12-6-7-13(17)15(9-12)24(18,22)23/h5-8,17,23H,4,9-11,22H2,1-3H3;12-16,20H,4-11H2,1-3H3,(H,23,24);2-7,9-10H,8H2,1H3,(H,19,21)(H2,18,22,23)/t;12-,13-,14-,15-,16-;/m.0./s1. The van der Waals surface area contributed by atoms with Gasteiger partial charge in [-0.05, 0) is 114 Å². The van der Waals surface area contributed by atoms with Gasteiger partial charge in [0.15, 0.2) is 0 Å². The number of nitrogens with one attached hydrogen (secondary N) is 3. The number of amides is 2. The molecular formula is C55H73Cl2N7O13S. The summed E-state index contributed by atoms with van der Waals surface area (Å²) in [5, 5.41) is 23.1. The molecule has 426 valence electrons. The number of sulfonamides is 1. The third-order valence-electron chi connectivity index (χ3n) is 13.8. The Hall–Kier alpha value is -6.07. The fraction of sp³-hybridized carbons (Fsp3) is 0.491. The third-order valence-corrected chi connectivity index (χ3v) is 15.5. The highest BCUT2D eigenvalue weighted by atomic mass is 35.5. The van der Waals surface area contributed by atoms with E-state index >= 15 is 0 Å². The highest BCUT2D eigenvalue weighted by Crippen LogP contribution is 2.43. The molecule has 3 aliphatic heterocycles. The molecule has 0 bridgehead atoms. The number of aliphatic carboxylic acids is 1. The predicted octanol–water partition coefficient (Wildman–Crippen LogP) is 6.29. The van der Waals surface area contributed by atoms with Gasteiger partial charge in [0.25, 0.3) is 5.91 Å². The minimum absolute atomic E-state index is 0.00817. The second-order valence-corrected chi connectivity index (χ2v) is 21.5. The maximum atomic E-state index is 13.1. The maximum absolute atomic E-state index is 13.1. The maximum Gasteiger partial charge on any atom is 0.336 e. The van der Waals surface area contributed by atoms with E-state index in [4.69, 9.17) is 53.0 Å². The number of esters is 3. The topological polar surface area (TPSA) is 288 Å². The Bertz CT molecular complexity index is 2830. The van der Waals surface area contributed by atoms with Gasteiger partial charge in [0.2, 0.25) is 15.9 Å². The van der Waals surface area contributed by atoms with Crippen molar-refractivity contribution in [3.05, 3.63) is 116 Å². The Balaban J connectivity index is 0.000000216. The summed E-state index contributed by atoms with van der Waals surface area (Å²) in [7, 11) is -2.71. The van der Waals surface area contributed by atoms with E-state index in [0.717, 1.165) is 49.8 Å². The zero-order chi connectivity index (χ0) is 57.4. The van der Waals surface area contributed by atoms with Crippen LogP contribution in [0.2, 0.25) is 10.0 Å². The molecule has 23 heteroatoms. The molecule has 3 aromatic carbocycles. The van der Waals surface area contributed by atoms with Gasteiger partial charge < -0.3 is 40.0 Å². The molecule has 3 aromatic rings. The SMILES string of the molecule is CC1Cc2ccccc2N1NC(=O)c1ccc(Cl)c(S(N)(=O)=O)c1.CCC[C@H](N[C@@H](C)C(=O)N1[C@H](C(=O)O)C[C@@H]2CCCC[C@@H]21)C(=O)OCC.CCOC(=O)C1=C(COCCN)NC(C)=C(C(=O)OC)C1c1ccccc1Cl. The van der Waals surface area contributed by atoms with Crippen molar-refractivity contribution in [3.63, 3.8) is 0 Å². The number of para-hydroxylation sites is 1. The lowest BCUT2D eigenvalue weighted by Gasteiger charge is -2.35. The quantitative estimate of drug-likeness (QED) is 0.0437. The van der Waals surface area contributed by atoms with Gasteiger partial charge in [-0.2, -0.15) is 0 Å². The van der Waals surface area contributed by atoms with Gasteiger partial charge in [0.05, 0.1) is 79.1 Å². The molecule has 4 aliphatic rings. The van der Waals surface area contributed by atoms with E-state index < -0.39 is 57.9 Å². The van der Waals surface area contributed by atoms with Crippen LogP contribution in [0, 0.1) is 5.92 Å². The van der Waals surface area contributed by atoms with Gasteiger partial charge in [0, 0.05) is 28.9 Å². The van der Waals surface area contributed by atoms with Gasteiger partial charge in [-0.25, -0.2) is 27.9 Å². The Morgan fingerprint density at radius 2 is 1.59 bits per heavy atom. The Kier molecular flexibility index (Phi) is 23.5. The lowest BCUT2D eigenvalue weighted by molar-refractivity contribution is -0.152. The molecule has 1 aliphatic carbocycles. The van der Waals surface area contributed by atoms with Crippen molar-refractivity contribution in [2.45, 2.75) is 134 Å². The average molecular weight is 1140 g/mol. The van der Waals surface area contributed by atoms with E-state index in [1.54, 1.807) is 61.9 Å². The number of hydrazine groups is 1. The summed E-state index contributed by atoms with van der Waals surface area (Å²) in [4.78, 5) is 76.2. The molecule has 0 radical (unpaired) electrons. The predicted molar refractivity (Wildman–Crippen MR) is 295 cm³/mol. The monoisotopic (exact) mass is 1140 g/mol. The van der Waals surface area contributed by atoms with Crippen molar-refractivity contribution in [2.75, 3.05) is 45.1 Å². The minimum Gasteiger partial charge on any atom is -0.480 e. The van der Waals surface area contributed by atoms with Crippen LogP contribution in [0.3, 0.4) is 0 Å². The molecule has 2 fully saturated rings. The van der Waals surface area contributed by atoms with E-state index in [1.165, 1.54) is 25.3 Å². The summed E-state index contributed by atoms with van der Waals surface area (Å²) in [5.74, 6) is -3.54. The number of fused-ring (bicyclic) bond motifs is 2. The van der Waals surface area contributed by atoms with Crippen LogP contribution in [-0.4, -0.2) is 124 Å². The normalized spacial score (nSPS) is 20.3. The first-order chi connectivity index (χ1) is 37.1. The molecule has 7 atom stereocenters. The lowest BCUT2D eigenvalue weighted by Crippen LogP contribution is -2.55. The summed E-state index contributed by atoms with van der Waals surface area (Å²) in [6.45, 7) is 12.1. The zero-order valence-corrected chi connectivity index (χ0v) is 47.5. The number of nitrogens with two attached hydrogens (primary N) is 2. The lowest BCUT2D eigenvalue weighted by atomic mass is 9.80. The number of ether oxygens (including phenoxy) is 4. The first kappa shape index (κ1) is 62.8. The number of likely N-dealkylation sites (tertiary alicyclic amines) is 1. The highest BCUT2D eigenvalue weighted by molar-refractivity contribution is 7.89. The van der Waals surface area contributed by atoms with Crippen LogP contribution in [0.15, 0.2) is 94.2 Å². The fourth-order valence-electron chi connectivity index (χ4n) is 10.3. The number of anilines is 1. The van der Waals surface area contributed by atoms with Crippen LogP contribution in [0.1, 0.15) is 114 Å². The summed E-state index contributed by atoms with van der Waals surface area (Å²) in [6.07, 6.45) is 6.69. The molecule has 2 amide bonds. The smallest absolute Gasteiger partial charge is 0.336 e. The number of rotatable bonds is 19. The Labute approximate surface area is 466 Å². The molecule has 0 aromatic heterocycles. The molecular weight excluding hydrogens is 1070 g/mol. The number of carbonyl (C=O) groups is 6. The molecule has 0 spiro atoms. The summed E-state index contributed by atoms with van der Waals surface area (Å²) in [5.41, 5.74) is 12.8. The third kappa shape index (κ3) is 15.6. The molecule has 7 rings (SSSR count). The van der Waals surface area contributed by atoms with Crippen LogP contribution < -0.4 is 31.9 Å². The molecule has 1 saturated carbocycles. The van der Waals surface area contributed by atoms with Crippen molar-refractivity contribution in [2.24, 2.45) is 16.8 Å². The van der Waals surface area contributed by atoms with Crippen LogP contribution in [0.5, 0.6) is 0 Å². The summed E-state index contributed by atoms with van der Waals surface area (Å²) >= 11 is 12.3. The van der Waals surface area contributed by atoms with Crippen LogP contribution in [0.25, 0.3) is 0 Å². The summed E-state index contributed by atoms with van der Waals surface area (Å²) < 4.78 is 44.0. The van der Waals surface area contributed by atoms with Gasteiger partial charge in [0.1, 0.15) is 17.0 Å². The van der Waals surface area contributed by atoms with Crippen LogP contribution >= 0.6 is 23.2 Å². The van der Waals surface area contributed by atoms with Crippen molar-refractivity contribution in [1.29, 1.82) is 0 Å². The van der Waals surface area contributed by atoms with Crippen molar-refractivity contribution in [3.8, 4) is 0 Å². The molecule has 78 heavy (non-hydrogen) atoms. The van der Waals surface area contributed by atoms with Crippen LogP contribution in [-0.2, 0) is 59.4 Å². The number of halogens is 2. The van der Waals surface area contributed by atoms with Crippen molar-refractivity contribution < 1.29 is 61.2 Å². The summed E-state index contributed by atoms with van der Waals surface area (Å²) in [6, 6.07) is 17.0. The second-order valence-electron chi connectivity index (χ2n) is 19.2. The fourth-order valence-corrected chi connectivity index (χ4v) is 11.6. The first-order valence-electron chi connectivity index (χ1n) is 26.1. The number of benzene rings is 3. The number of carboxylic acid groups (broad SMARTS) is 1. The number of carbonyl (C=O) groups excluding carboxylic acids is 5. The molecule has 1 saturated heterocycles. The van der Waals surface area contributed by atoms with E-state index in [2.05, 4.69) is 16.1 Å². The zero-order valence-electron chi connectivity index (χ0n) is 45.1. The van der Waals surface area contributed by atoms with Gasteiger partial charge in [-0.3, -0.25) is 30.1 Å². The highest BCUT2D eigenvalue weighted by Gasteiger charge is 2.49. The molecule has 2 unspecified atom stereocenters. The number of carboxylic acids is 1. The Morgan fingerprint density at radius 1 is 0.910 bits per heavy atom. The number of dihydropyridines is 1. The average Bonchev–Trinajstić information content (AvgIpc) is 4.01. The molecule has 3 heterocycles. The second kappa shape index (κ2) is 29.2. The van der Waals surface area contributed by atoms with E-state index in [9.17, 15) is 42.3 Å². The number of allylic oxidation sites excluding steroid dienone is 1. The molecule has 20 nitrogen and oxygen atoms in total. The number of primary sulfonamides is 1. The van der Waals surface area contributed by atoms with Crippen molar-refractivity contribution in [1.82, 2.24) is 21.0 Å². The van der Waals surface area contributed by atoms with E-state index in [0.29, 0.717) is 60.2 Å². The number of methoxy groups -OCH3 is 1. The van der Waals surface area contributed by atoms with E-state index in [1.807, 2.05) is 38.1 Å². The number of nitrogens with zero attached hydrogens (tertiary/aromatic N) is 2. The largest absolute Gasteiger partial charge is 0.480 e. The van der Waals surface area contributed by atoms with Gasteiger partial charge >= 0.3 is 23.9 Å². The van der Waals surface area contributed by atoms with Crippen molar-refractivity contribution >= 4 is 74.6 Å². The van der Waals surface area contributed by atoms with Crippen LogP contribution in [0.4, 0.5) is 5.69 Å². The molecule has 8 N–H and O–H groups in total. The number of hydrogen-bond donors (Lipinski definition) is 6.